The number of hydrogen-bond donors (Lipinski definition) is 1. The van der Waals surface area contributed by atoms with Gasteiger partial charge in [0, 0.05) is 17.9 Å². The number of cyclic esters (lactones) is 1. The maximum absolute atomic E-state index is 12.1. The van der Waals surface area contributed by atoms with Gasteiger partial charge < -0.3 is 15.2 Å². The highest BCUT2D eigenvalue weighted by molar-refractivity contribution is 5.89. The van der Waals surface area contributed by atoms with Gasteiger partial charge in [-0.05, 0) is 57.1 Å². The lowest BCUT2D eigenvalue weighted by Crippen LogP contribution is -2.41. The Morgan fingerprint density at radius 1 is 1.28 bits per heavy atom. The molecule has 1 atom stereocenters. The van der Waals surface area contributed by atoms with Crippen LogP contribution >= 0.6 is 0 Å². The summed E-state index contributed by atoms with van der Waals surface area (Å²) in [7, 11) is 0. The Labute approximate surface area is 147 Å². The van der Waals surface area contributed by atoms with E-state index >= 15 is 0 Å². The Hall–Kier alpha value is -2.28. The SMILES string of the molecule is CCOC(=O)C1CCN(C[C@@H]2CN(c3ccc(N)cc3)C(=O)O2)CC1. The molecule has 0 unspecified atom stereocenters. The molecular formula is C18H25N3O4. The predicted molar refractivity (Wildman–Crippen MR) is 94.3 cm³/mol. The number of likely N-dealkylation sites (tertiary alicyclic amines) is 1. The molecule has 2 saturated heterocycles. The van der Waals surface area contributed by atoms with Gasteiger partial charge in [0.25, 0.3) is 0 Å². The van der Waals surface area contributed by atoms with Crippen LogP contribution in [0.5, 0.6) is 0 Å². The van der Waals surface area contributed by atoms with E-state index in [0.29, 0.717) is 25.4 Å². The first-order valence-corrected chi connectivity index (χ1v) is 8.79. The van der Waals surface area contributed by atoms with Crippen molar-refractivity contribution in [3.05, 3.63) is 24.3 Å². The molecule has 0 aliphatic carbocycles. The van der Waals surface area contributed by atoms with E-state index in [0.717, 1.165) is 31.6 Å². The van der Waals surface area contributed by atoms with Gasteiger partial charge in [-0.15, -0.1) is 0 Å². The highest BCUT2D eigenvalue weighted by atomic mass is 16.6. The van der Waals surface area contributed by atoms with Crippen molar-refractivity contribution in [3.8, 4) is 0 Å². The third kappa shape index (κ3) is 4.22. The third-order valence-electron chi connectivity index (χ3n) is 4.75. The van der Waals surface area contributed by atoms with Gasteiger partial charge in [-0.25, -0.2) is 4.79 Å². The molecule has 7 nitrogen and oxygen atoms in total. The van der Waals surface area contributed by atoms with Crippen LogP contribution in [0.2, 0.25) is 0 Å². The summed E-state index contributed by atoms with van der Waals surface area (Å²) in [5.74, 6) is -0.0995. The number of rotatable bonds is 5. The molecule has 2 aliphatic rings. The highest BCUT2D eigenvalue weighted by Gasteiger charge is 2.35. The zero-order valence-electron chi connectivity index (χ0n) is 14.5. The molecule has 3 rings (SSSR count). The Kier molecular flexibility index (Phi) is 5.43. The van der Waals surface area contributed by atoms with Crippen molar-refractivity contribution < 1.29 is 19.1 Å². The zero-order chi connectivity index (χ0) is 17.8. The average Bonchev–Trinajstić information content (AvgIpc) is 2.97. The molecule has 2 aliphatic heterocycles. The van der Waals surface area contributed by atoms with Gasteiger partial charge in [0.15, 0.2) is 0 Å². The summed E-state index contributed by atoms with van der Waals surface area (Å²) in [6.07, 6.45) is 1.10. The van der Waals surface area contributed by atoms with Crippen LogP contribution < -0.4 is 10.6 Å². The molecule has 136 valence electrons. The van der Waals surface area contributed by atoms with Crippen LogP contribution in [-0.2, 0) is 14.3 Å². The standard InChI is InChI=1S/C18H25N3O4/c1-2-24-17(22)13-7-9-20(10-8-13)11-16-12-21(18(23)25-16)15-5-3-14(19)4-6-15/h3-6,13,16H,2,7-12,19H2,1H3/t16-/m1/s1. The van der Waals surface area contributed by atoms with Crippen LogP contribution in [0.3, 0.4) is 0 Å². The quantitative estimate of drug-likeness (QED) is 0.646. The summed E-state index contributed by atoms with van der Waals surface area (Å²) >= 11 is 0. The van der Waals surface area contributed by atoms with E-state index in [1.807, 2.05) is 19.1 Å². The number of nitrogens with zero attached hydrogens (tertiary/aromatic N) is 2. The van der Waals surface area contributed by atoms with Gasteiger partial charge in [0.1, 0.15) is 6.10 Å². The first kappa shape index (κ1) is 17.5. The van der Waals surface area contributed by atoms with Gasteiger partial charge >= 0.3 is 12.1 Å². The molecule has 0 radical (unpaired) electrons. The second-order valence-electron chi connectivity index (χ2n) is 6.53. The van der Waals surface area contributed by atoms with Crippen LogP contribution in [0.1, 0.15) is 19.8 Å². The van der Waals surface area contributed by atoms with Gasteiger partial charge in [-0.1, -0.05) is 0 Å². The van der Waals surface area contributed by atoms with Crippen molar-refractivity contribution in [2.24, 2.45) is 5.92 Å². The van der Waals surface area contributed by atoms with E-state index < -0.39 is 0 Å². The largest absolute Gasteiger partial charge is 0.466 e. The fourth-order valence-corrected chi connectivity index (χ4v) is 3.38. The van der Waals surface area contributed by atoms with E-state index in [1.165, 1.54) is 0 Å². The highest BCUT2D eigenvalue weighted by Crippen LogP contribution is 2.24. The number of benzene rings is 1. The molecule has 25 heavy (non-hydrogen) atoms. The number of carbonyl (C=O) groups is 2. The summed E-state index contributed by atoms with van der Waals surface area (Å²) in [5.41, 5.74) is 7.15. The van der Waals surface area contributed by atoms with E-state index in [4.69, 9.17) is 15.2 Å². The third-order valence-corrected chi connectivity index (χ3v) is 4.75. The lowest BCUT2D eigenvalue weighted by molar-refractivity contribution is -0.149. The average molecular weight is 347 g/mol. The molecule has 0 aromatic heterocycles. The molecule has 2 N–H and O–H groups in total. The number of anilines is 2. The minimum atomic E-state index is -0.323. The predicted octanol–water partition coefficient (Wildman–Crippen LogP) is 1.87. The second kappa shape index (κ2) is 7.74. The monoisotopic (exact) mass is 347 g/mol. The fourth-order valence-electron chi connectivity index (χ4n) is 3.38. The van der Waals surface area contributed by atoms with Crippen LogP contribution in [-0.4, -0.2) is 55.9 Å². The molecule has 0 spiro atoms. The summed E-state index contributed by atoms with van der Waals surface area (Å²) in [6.45, 7) is 5.11. The van der Waals surface area contributed by atoms with Crippen molar-refractivity contribution in [3.63, 3.8) is 0 Å². The number of hydrogen-bond acceptors (Lipinski definition) is 6. The number of ether oxygens (including phenoxy) is 2. The molecule has 2 fully saturated rings. The molecule has 2 heterocycles. The topological polar surface area (TPSA) is 85.1 Å². The lowest BCUT2D eigenvalue weighted by Gasteiger charge is -2.31. The zero-order valence-corrected chi connectivity index (χ0v) is 14.5. The minimum Gasteiger partial charge on any atom is -0.466 e. The number of carbonyl (C=O) groups excluding carboxylic acids is 2. The summed E-state index contributed by atoms with van der Waals surface area (Å²) in [5, 5.41) is 0. The lowest BCUT2D eigenvalue weighted by atomic mass is 9.97. The van der Waals surface area contributed by atoms with Gasteiger partial charge in [0.05, 0.1) is 19.1 Å². The Morgan fingerprint density at radius 3 is 2.60 bits per heavy atom. The first-order valence-electron chi connectivity index (χ1n) is 8.79. The van der Waals surface area contributed by atoms with Crippen molar-refractivity contribution >= 4 is 23.4 Å². The van der Waals surface area contributed by atoms with Crippen LogP contribution in [0.25, 0.3) is 0 Å². The molecule has 1 aromatic rings. The summed E-state index contributed by atoms with van der Waals surface area (Å²) in [4.78, 5) is 27.8. The maximum Gasteiger partial charge on any atom is 0.414 e. The Morgan fingerprint density at radius 2 is 1.96 bits per heavy atom. The Bertz CT molecular complexity index is 611. The minimum absolute atomic E-state index is 0.00592. The molecule has 1 amide bonds. The van der Waals surface area contributed by atoms with E-state index in [1.54, 1.807) is 17.0 Å². The number of piperidine rings is 1. The van der Waals surface area contributed by atoms with Crippen molar-refractivity contribution in [2.75, 3.05) is 43.4 Å². The van der Waals surface area contributed by atoms with Crippen molar-refractivity contribution in [1.82, 2.24) is 4.90 Å². The van der Waals surface area contributed by atoms with Gasteiger partial charge in [0.2, 0.25) is 0 Å². The molecule has 0 bridgehead atoms. The van der Waals surface area contributed by atoms with E-state index in [-0.39, 0.29) is 24.1 Å². The molecule has 0 saturated carbocycles. The summed E-state index contributed by atoms with van der Waals surface area (Å²) in [6, 6.07) is 7.19. The van der Waals surface area contributed by atoms with Crippen LogP contribution in [0.15, 0.2) is 24.3 Å². The fraction of sp³-hybridized carbons (Fsp3) is 0.556. The number of esters is 1. The molecule has 1 aromatic carbocycles. The second-order valence-corrected chi connectivity index (χ2v) is 6.53. The van der Waals surface area contributed by atoms with E-state index in [9.17, 15) is 9.59 Å². The number of nitrogens with two attached hydrogens (primary N) is 1. The summed E-state index contributed by atoms with van der Waals surface area (Å²) < 4.78 is 10.6. The first-order chi connectivity index (χ1) is 12.1. The van der Waals surface area contributed by atoms with Gasteiger partial charge in [-0.2, -0.15) is 0 Å². The van der Waals surface area contributed by atoms with Gasteiger partial charge in [-0.3, -0.25) is 14.6 Å². The number of amides is 1. The van der Waals surface area contributed by atoms with E-state index in [2.05, 4.69) is 4.90 Å². The van der Waals surface area contributed by atoms with Crippen molar-refractivity contribution in [1.29, 1.82) is 0 Å². The molecular weight excluding hydrogens is 322 g/mol. The maximum atomic E-state index is 12.1. The smallest absolute Gasteiger partial charge is 0.414 e. The number of nitrogen functional groups attached to an aromatic ring is 1. The normalized spacial score (nSPS) is 22.0. The Balaban J connectivity index is 1.49. The van der Waals surface area contributed by atoms with Crippen molar-refractivity contribution in [2.45, 2.75) is 25.9 Å². The van der Waals surface area contributed by atoms with Crippen LogP contribution in [0, 0.1) is 5.92 Å². The van der Waals surface area contributed by atoms with Crippen LogP contribution in [0.4, 0.5) is 16.2 Å². The molecule has 7 heteroatoms.